The first-order valence-electron chi connectivity index (χ1n) is 4.29. The minimum absolute atomic E-state index is 0.0694. The molecule has 0 spiro atoms. The molecule has 0 bridgehead atoms. The van der Waals surface area contributed by atoms with Gasteiger partial charge in [0.25, 0.3) is 0 Å². The maximum absolute atomic E-state index is 10.2. The Kier molecular flexibility index (Phi) is 6.38. The topological polar surface area (TPSA) is 63.3 Å². The summed E-state index contributed by atoms with van der Waals surface area (Å²) in [6, 6.07) is -0.205. The molecule has 3 nitrogen and oxygen atoms in total. The average Bonchev–Trinajstić information content (AvgIpc) is 1.97. The van der Waals surface area contributed by atoms with E-state index in [4.69, 9.17) is 10.8 Å². The molecule has 0 saturated carbocycles. The lowest BCUT2D eigenvalue weighted by Crippen LogP contribution is -2.23. The van der Waals surface area contributed by atoms with E-state index in [0.29, 0.717) is 0 Å². The van der Waals surface area contributed by atoms with Crippen LogP contribution in [0, 0.1) is 0 Å². The third kappa shape index (κ3) is 7.28. The monoisotopic (exact) mass is 171 g/mol. The molecule has 70 valence electrons. The van der Waals surface area contributed by atoms with Gasteiger partial charge >= 0.3 is 5.97 Å². The van der Waals surface area contributed by atoms with Crippen molar-refractivity contribution in [1.82, 2.24) is 0 Å². The number of carboxylic acids is 1. The van der Waals surface area contributed by atoms with E-state index in [-0.39, 0.29) is 12.5 Å². The van der Waals surface area contributed by atoms with Gasteiger partial charge in [0.15, 0.2) is 0 Å². The van der Waals surface area contributed by atoms with Crippen LogP contribution in [0.3, 0.4) is 0 Å². The summed E-state index contributed by atoms with van der Waals surface area (Å²) < 4.78 is 0. The summed E-state index contributed by atoms with van der Waals surface area (Å²) in [5.74, 6) is -0.818. The van der Waals surface area contributed by atoms with Crippen molar-refractivity contribution in [2.24, 2.45) is 5.73 Å². The van der Waals surface area contributed by atoms with Gasteiger partial charge in [-0.3, -0.25) is 4.79 Å². The fraction of sp³-hybridized carbons (Fsp3) is 0.667. The summed E-state index contributed by atoms with van der Waals surface area (Å²) >= 11 is 0. The predicted octanol–water partition coefficient (Wildman–Crippen LogP) is 1.53. The van der Waals surface area contributed by atoms with Gasteiger partial charge in [-0.05, 0) is 19.3 Å². The second-order valence-corrected chi connectivity index (χ2v) is 2.81. The zero-order valence-electron chi connectivity index (χ0n) is 7.49. The van der Waals surface area contributed by atoms with Crippen molar-refractivity contribution in [1.29, 1.82) is 0 Å². The van der Waals surface area contributed by atoms with Crippen molar-refractivity contribution >= 4 is 5.97 Å². The van der Waals surface area contributed by atoms with Gasteiger partial charge in [0, 0.05) is 6.04 Å². The largest absolute Gasteiger partial charge is 0.481 e. The number of carbonyl (C=O) groups is 1. The van der Waals surface area contributed by atoms with Gasteiger partial charge in [0.2, 0.25) is 0 Å². The molecule has 0 heterocycles. The van der Waals surface area contributed by atoms with Gasteiger partial charge in [-0.15, -0.1) is 0 Å². The number of allylic oxidation sites excluding steroid dienone is 2. The number of aliphatic carboxylic acids is 1. The van der Waals surface area contributed by atoms with Crippen LogP contribution in [0.5, 0.6) is 0 Å². The van der Waals surface area contributed by atoms with E-state index in [1.54, 1.807) is 0 Å². The lowest BCUT2D eigenvalue weighted by Gasteiger charge is -2.05. The Balaban J connectivity index is 3.37. The summed E-state index contributed by atoms with van der Waals surface area (Å²) in [4.78, 5) is 10.2. The molecule has 0 fully saturated rings. The molecule has 12 heavy (non-hydrogen) atoms. The van der Waals surface area contributed by atoms with Gasteiger partial charge in [-0.25, -0.2) is 0 Å². The summed E-state index contributed by atoms with van der Waals surface area (Å²) in [5, 5.41) is 8.39. The first kappa shape index (κ1) is 11.2. The molecule has 0 saturated heterocycles. The first-order valence-corrected chi connectivity index (χ1v) is 4.29. The van der Waals surface area contributed by atoms with Crippen LogP contribution in [0.15, 0.2) is 12.2 Å². The summed E-state index contributed by atoms with van der Waals surface area (Å²) in [5.41, 5.74) is 5.54. The molecule has 1 atom stereocenters. The SMILES string of the molecule is CC/C=C\CCC(N)CC(=O)O. The molecule has 0 radical (unpaired) electrons. The average molecular weight is 171 g/mol. The third-order valence-corrected chi connectivity index (χ3v) is 1.54. The van der Waals surface area contributed by atoms with Crippen molar-refractivity contribution in [2.45, 2.75) is 38.6 Å². The van der Waals surface area contributed by atoms with Crippen molar-refractivity contribution in [2.75, 3.05) is 0 Å². The van der Waals surface area contributed by atoms with E-state index in [0.717, 1.165) is 19.3 Å². The molecule has 0 aliphatic rings. The standard InChI is InChI=1S/C9H17NO2/c1-2-3-4-5-6-8(10)7-9(11)12/h3-4,8H,2,5-7,10H2,1H3,(H,11,12)/b4-3-. The molecule has 0 aromatic rings. The van der Waals surface area contributed by atoms with Crippen molar-refractivity contribution in [3.05, 3.63) is 12.2 Å². The predicted molar refractivity (Wildman–Crippen MR) is 48.9 cm³/mol. The van der Waals surface area contributed by atoms with Gasteiger partial charge in [0.05, 0.1) is 6.42 Å². The Morgan fingerprint density at radius 2 is 2.25 bits per heavy atom. The van der Waals surface area contributed by atoms with Gasteiger partial charge in [-0.2, -0.15) is 0 Å². The molecule has 0 aliphatic carbocycles. The number of rotatable bonds is 6. The van der Waals surface area contributed by atoms with E-state index in [9.17, 15) is 4.79 Å². The summed E-state index contributed by atoms with van der Waals surface area (Å²) in [6.45, 7) is 2.06. The fourth-order valence-corrected chi connectivity index (χ4v) is 0.921. The maximum Gasteiger partial charge on any atom is 0.304 e. The van der Waals surface area contributed by atoms with E-state index in [1.165, 1.54) is 0 Å². The Morgan fingerprint density at radius 3 is 2.75 bits per heavy atom. The highest BCUT2D eigenvalue weighted by Gasteiger charge is 2.05. The molecular formula is C9H17NO2. The zero-order valence-corrected chi connectivity index (χ0v) is 7.49. The van der Waals surface area contributed by atoms with Crippen LogP contribution < -0.4 is 5.73 Å². The Labute approximate surface area is 73.3 Å². The quantitative estimate of drug-likeness (QED) is 0.596. The zero-order chi connectivity index (χ0) is 9.40. The van der Waals surface area contributed by atoms with Crippen LogP contribution in [-0.2, 0) is 4.79 Å². The van der Waals surface area contributed by atoms with Crippen LogP contribution in [0.2, 0.25) is 0 Å². The number of hydrogen-bond acceptors (Lipinski definition) is 2. The fourth-order valence-electron chi connectivity index (χ4n) is 0.921. The van der Waals surface area contributed by atoms with Crippen molar-refractivity contribution in [3.63, 3.8) is 0 Å². The molecule has 0 aromatic carbocycles. The van der Waals surface area contributed by atoms with Crippen LogP contribution in [0.1, 0.15) is 32.6 Å². The number of carboxylic acid groups (broad SMARTS) is 1. The molecule has 3 heteroatoms. The Bertz CT molecular complexity index is 155. The van der Waals surface area contributed by atoms with Crippen LogP contribution in [0.4, 0.5) is 0 Å². The molecule has 1 unspecified atom stereocenters. The van der Waals surface area contributed by atoms with E-state index in [1.807, 2.05) is 6.08 Å². The van der Waals surface area contributed by atoms with Gasteiger partial charge in [0.1, 0.15) is 0 Å². The Morgan fingerprint density at radius 1 is 1.58 bits per heavy atom. The first-order chi connectivity index (χ1) is 5.66. The van der Waals surface area contributed by atoms with Crippen LogP contribution in [-0.4, -0.2) is 17.1 Å². The normalized spacial score (nSPS) is 13.5. The highest BCUT2D eigenvalue weighted by molar-refractivity contribution is 5.67. The van der Waals surface area contributed by atoms with Crippen molar-refractivity contribution < 1.29 is 9.90 Å². The minimum atomic E-state index is -0.818. The lowest BCUT2D eigenvalue weighted by atomic mass is 10.1. The van der Waals surface area contributed by atoms with E-state index < -0.39 is 5.97 Å². The molecule has 0 aromatic heterocycles. The smallest absolute Gasteiger partial charge is 0.304 e. The summed E-state index contributed by atoms with van der Waals surface area (Å²) in [7, 11) is 0. The molecule has 0 aliphatic heterocycles. The number of hydrogen-bond donors (Lipinski definition) is 2. The van der Waals surface area contributed by atoms with Crippen molar-refractivity contribution in [3.8, 4) is 0 Å². The highest BCUT2D eigenvalue weighted by Crippen LogP contribution is 2.00. The van der Waals surface area contributed by atoms with E-state index >= 15 is 0 Å². The number of nitrogens with two attached hydrogens (primary N) is 1. The van der Waals surface area contributed by atoms with Gasteiger partial charge < -0.3 is 10.8 Å². The Hall–Kier alpha value is -0.830. The lowest BCUT2D eigenvalue weighted by molar-refractivity contribution is -0.137. The molecular weight excluding hydrogens is 154 g/mol. The minimum Gasteiger partial charge on any atom is -0.481 e. The van der Waals surface area contributed by atoms with E-state index in [2.05, 4.69) is 13.0 Å². The maximum atomic E-state index is 10.2. The van der Waals surface area contributed by atoms with Crippen LogP contribution in [0.25, 0.3) is 0 Å². The summed E-state index contributed by atoms with van der Waals surface area (Å²) in [6.07, 6.45) is 6.83. The second-order valence-electron chi connectivity index (χ2n) is 2.81. The molecule has 0 rings (SSSR count). The van der Waals surface area contributed by atoms with Crippen LogP contribution >= 0.6 is 0 Å². The second kappa shape index (κ2) is 6.85. The highest BCUT2D eigenvalue weighted by atomic mass is 16.4. The molecule has 3 N–H and O–H groups in total. The molecule has 0 amide bonds. The third-order valence-electron chi connectivity index (χ3n) is 1.54. The van der Waals surface area contributed by atoms with Gasteiger partial charge in [-0.1, -0.05) is 19.1 Å².